The standard InChI is InChI=1S/C39H57N11O10/c1-22(2)16-27(36(57)47-26(14-9-15-44-39(42)43)35(56)49-29(38(59)60)18-24-12-7-4-8-13-24)46-32(53)20-45-34(55)28(17-23-10-5-3-6-11-23)48-37(58)30(21-51)50-33(54)25(40)19-31(41)52/h3-8,10-13,22,25-30,51H,9,14-21,40H2,1-2H3,(H2,41,52)(H,45,55)(H,46,53)(H,47,57)(H,48,58)(H,49,56)(H,50,54)(H,59,60)(H4,42,43,44)/t25-,26-,27-,28-,29-,30-/m0/s1. The Bertz CT molecular complexity index is 1790. The molecule has 7 amide bonds. The van der Waals surface area contributed by atoms with Gasteiger partial charge in [-0.25, -0.2) is 4.79 Å². The second kappa shape index (κ2) is 25.7. The Hall–Kier alpha value is -6.61. The lowest BCUT2D eigenvalue weighted by molar-refractivity contribution is -0.142. The molecule has 0 bridgehead atoms. The molecule has 0 unspecified atom stereocenters. The molecule has 0 spiro atoms. The lowest BCUT2D eigenvalue weighted by Gasteiger charge is -2.26. The maximum Gasteiger partial charge on any atom is 0.326 e. The fourth-order valence-corrected chi connectivity index (χ4v) is 5.72. The molecule has 2 rings (SSSR count). The van der Waals surface area contributed by atoms with Gasteiger partial charge in [0.15, 0.2) is 5.96 Å². The van der Waals surface area contributed by atoms with Crippen LogP contribution in [0.15, 0.2) is 65.7 Å². The minimum Gasteiger partial charge on any atom is -0.480 e. The average Bonchev–Trinajstić information content (AvgIpc) is 3.19. The fourth-order valence-electron chi connectivity index (χ4n) is 5.72. The number of guanidine groups is 1. The van der Waals surface area contributed by atoms with Crippen LogP contribution in [0.25, 0.3) is 0 Å². The quantitative estimate of drug-likeness (QED) is 0.0248. The van der Waals surface area contributed by atoms with Crippen LogP contribution in [0, 0.1) is 5.92 Å². The highest BCUT2D eigenvalue weighted by Crippen LogP contribution is 2.10. The van der Waals surface area contributed by atoms with Gasteiger partial charge in [-0.15, -0.1) is 0 Å². The highest BCUT2D eigenvalue weighted by Gasteiger charge is 2.32. The summed E-state index contributed by atoms with van der Waals surface area (Å²) in [5.74, 6) is -7.61. The Morgan fingerprint density at radius 1 is 0.650 bits per heavy atom. The molecule has 21 nitrogen and oxygen atoms in total. The van der Waals surface area contributed by atoms with Crippen molar-refractivity contribution >= 4 is 53.3 Å². The van der Waals surface area contributed by atoms with Crippen molar-refractivity contribution in [2.45, 2.75) is 88.6 Å². The molecular formula is C39H57N11O10. The molecule has 0 aliphatic rings. The molecule has 6 atom stereocenters. The number of hydrogen-bond acceptors (Lipinski definition) is 11. The molecule has 328 valence electrons. The molecule has 2 aromatic rings. The average molecular weight is 840 g/mol. The number of rotatable bonds is 26. The van der Waals surface area contributed by atoms with Crippen molar-refractivity contribution in [2.75, 3.05) is 19.7 Å². The van der Waals surface area contributed by atoms with E-state index in [-0.39, 0.29) is 50.5 Å². The molecule has 0 aliphatic heterocycles. The van der Waals surface area contributed by atoms with Crippen molar-refractivity contribution in [1.29, 1.82) is 0 Å². The molecule has 0 heterocycles. The first-order valence-corrected chi connectivity index (χ1v) is 19.2. The number of aliphatic imine (C=N–C) groups is 1. The number of benzene rings is 2. The van der Waals surface area contributed by atoms with Crippen molar-refractivity contribution in [3.8, 4) is 0 Å². The molecule has 16 N–H and O–H groups in total. The number of nitrogens with one attached hydrogen (secondary N) is 6. The minimum atomic E-state index is -1.57. The Kier molecular flexibility index (Phi) is 21.2. The number of aliphatic carboxylic acids is 1. The highest BCUT2D eigenvalue weighted by atomic mass is 16.4. The van der Waals surface area contributed by atoms with Gasteiger partial charge in [-0.2, -0.15) is 0 Å². The molecule has 2 aromatic carbocycles. The number of nitrogens with zero attached hydrogens (tertiary/aromatic N) is 1. The Balaban J connectivity index is 2.20. The summed E-state index contributed by atoms with van der Waals surface area (Å²) >= 11 is 0. The first-order chi connectivity index (χ1) is 28.4. The van der Waals surface area contributed by atoms with E-state index >= 15 is 0 Å². The van der Waals surface area contributed by atoms with Crippen LogP contribution in [0.3, 0.4) is 0 Å². The zero-order valence-corrected chi connectivity index (χ0v) is 33.6. The van der Waals surface area contributed by atoms with Crippen molar-refractivity contribution in [3.63, 3.8) is 0 Å². The maximum absolute atomic E-state index is 13.7. The van der Waals surface area contributed by atoms with E-state index in [1.165, 1.54) is 0 Å². The summed E-state index contributed by atoms with van der Waals surface area (Å²) in [5, 5.41) is 34.5. The first kappa shape index (κ1) is 49.5. The number of carbonyl (C=O) groups excluding carboxylic acids is 7. The molecule has 0 aromatic heterocycles. The van der Waals surface area contributed by atoms with E-state index in [4.69, 9.17) is 22.9 Å². The summed E-state index contributed by atoms with van der Waals surface area (Å²) in [4.78, 5) is 107. The van der Waals surface area contributed by atoms with E-state index in [0.717, 1.165) is 0 Å². The van der Waals surface area contributed by atoms with Gasteiger partial charge in [-0.3, -0.25) is 38.6 Å². The molecule has 0 aliphatic carbocycles. The van der Waals surface area contributed by atoms with Gasteiger partial charge >= 0.3 is 5.97 Å². The number of carbonyl (C=O) groups is 8. The minimum absolute atomic E-state index is 0.0000480. The molecule has 0 fully saturated rings. The fraction of sp³-hybridized carbons (Fsp3) is 0.462. The third kappa shape index (κ3) is 18.8. The van der Waals surface area contributed by atoms with Gasteiger partial charge < -0.3 is 65.0 Å². The van der Waals surface area contributed by atoms with E-state index in [1.54, 1.807) is 74.5 Å². The lowest BCUT2D eigenvalue weighted by Crippen LogP contribution is -2.58. The molecule has 0 saturated heterocycles. The smallest absolute Gasteiger partial charge is 0.326 e. The number of amides is 7. The largest absolute Gasteiger partial charge is 0.480 e. The summed E-state index contributed by atoms with van der Waals surface area (Å²) in [7, 11) is 0. The van der Waals surface area contributed by atoms with Gasteiger partial charge in [0.2, 0.25) is 41.4 Å². The Labute approximate surface area is 347 Å². The number of primary amides is 1. The maximum atomic E-state index is 13.7. The van der Waals surface area contributed by atoms with Crippen LogP contribution in [-0.2, 0) is 51.2 Å². The van der Waals surface area contributed by atoms with Crippen LogP contribution >= 0.6 is 0 Å². The third-order valence-electron chi connectivity index (χ3n) is 8.75. The third-order valence-corrected chi connectivity index (χ3v) is 8.75. The van der Waals surface area contributed by atoms with Crippen LogP contribution < -0.4 is 54.8 Å². The van der Waals surface area contributed by atoms with E-state index in [1.807, 2.05) is 0 Å². The predicted octanol–water partition coefficient (Wildman–Crippen LogP) is -3.61. The Morgan fingerprint density at radius 3 is 1.67 bits per heavy atom. The summed E-state index contributed by atoms with van der Waals surface area (Å²) < 4.78 is 0. The van der Waals surface area contributed by atoms with Gasteiger partial charge in [0.1, 0.15) is 30.2 Å². The van der Waals surface area contributed by atoms with E-state index in [9.17, 15) is 48.6 Å². The highest BCUT2D eigenvalue weighted by molar-refractivity contribution is 5.96. The number of carboxylic acids is 1. The summed E-state index contributed by atoms with van der Waals surface area (Å²) in [6.45, 7) is 2.13. The Morgan fingerprint density at radius 2 is 1.15 bits per heavy atom. The van der Waals surface area contributed by atoms with Crippen molar-refractivity contribution in [1.82, 2.24) is 31.9 Å². The second-order valence-corrected chi connectivity index (χ2v) is 14.3. The number of aliphatic hydroxyl groups excluding tert-OH is 1. The molecule has 0 radical (unpaired) electrons. The zero-order chi connectivity index (χ0) is 44.8. The van der Waals surface area contributed by atoms with Gasteiger partial charge in [-0.05, 0) is 36.3 Å². The number of hydrogen-bond donors (Lipinski definition) is 12. The van der Waals surface area contributed by atoms with Gasteiger partial charge in [0.25, 0.3) is 0 Å². The lowest BCUT2D eigenvalue weighted by atomic mass is 10.0. The SMILES string of the molecule is CC(C)C[C@H](NC(=O)CNC(=O)[C@H](Cc1ccccc1)NC(=O)[C@H](CO)NC(=O)[C@@H](N)CC(N)=O)C(=O)N[C@@H](CCCN=C(N)N)C(=O)N[C@@H](Cc1ccccc1)C(=O)O. The predicted molar refractivity (Wildman–Crippen MR) is 219 cm³/mol. The number of nitrogens with two attached hydrogens (primary N) is 4. The molecule has 0 saturated carbocycles. The summed E-state index contributed by atoms with van der Waals surface area (Å²) in [6, 6.07) is 9.02. The van der Waals surface area contributed by atoms with Crippen molar-refractivity contribution < 1.29 is 48.6 Å². The van der Waals surface area contributed by atoms with Crippen LogP contribution in [0.1, 0.15) is 50.7 Å². The first-order valence-electron chi connectivity index (χ1n) is 19.2. The van der Waals surface area contributed by atoms with Crippen LogP contribution in [0.5, 0.6) is 0 Å². The van der Waals surface area contributed by atoms with E-state index in [0.29, 0.717) is 11.1 Å². The topological polar surface area (TPSA) is 366 Å². The van der Waals surface area contributed by atoms with Crippen molar-refractivity contribution in [3.05, 3.63) is 71.8 Å². The van der Waals surface area contributed by atoms with E-state index < -0.39 is 103 Å². The van der Waals surface area contributed by atoms with Crippen LogP contribution in [0.4, 0.5) is 0 Å². The summed E-state index contributed by atoms with van der Waals surface area (Å²) in [6.07, 6.45) is -0.313. The molecule has 21 heteroatoms. The monoisotopic (exact) mass is 839 g/mol. The van der Waals surface area contributed by atoms with Crippen LogP contribution in [0.2, 0.25) is 0 Å². The van der Waals surface area contributed by atoms with Crippen LogP contribution in [-0.4, -0.2) is 119 Å². The summed E-state index contributed by atoms with van der Waals surface area (Å²) in [5.41, 5.74) is 22.8. The normalized spacial score (nSPS) is 13.8. The molecule has 60 heavy (non-hydrogen) atoms. The second-order valence-electron chi connectivity index (χ2n) is 14.3. The molecular weight excluding hydrogens is 782 g/mol. The zero-order valence-electron chi connectivity index (χ0n) is 33.6. The number of aliphatic hydroxyl groups is 1. The van der Waals surface area contributed by atoms with Gasteiger partial charge in [0.05, 0.1) is 25.6 Å². The van der Waals surface area contributed by atoms with Gasteiger partial charge in [-0.1, -0.05) is 74.5 Å². The van der Waals surface area contributed by atoms with E-state index in [2.05, 4.69) is 36.9 Å². The van der Waals surface area contributed by atoms with Gasteiger partial charge in [0, 0.05) is 19.4 Å². The number of carboxylic acid groups (broad SMARTS) is 1. The van der Waals surface area contributed by atoms with Crippen molar-refractivity contribution in [2.24, 2.45) is 33.8 Å².